The Hall–Kier alpha value is -2.54. The van der Waals surface area contributed by atoms with Crippen LogP contribution < -0.4 is 10.5 Å². The van der Waals surface area contributed by atoms with Crippen molar-refractivity contribution >= 4 is 5.69 Å². The average molecular weight is 228 g/mol. The van der Waals surface area contributed by atoms with Crippen LogP contribution in [0, 0.1) is 17.1 Å². The maximum atomic E-state index is 13.2. The van der Waals surface area contributed by atoms with Crippen LogP contribution in [0.3, 0.4) is 0 Å². The number of hydrogen-bond acceptors (Lipinski definition) is 3. The first-order valence-corrected chi connectivity index (χ1v) is 4.92. The summed E-state index contributed by atoms with van der Waals surface area (Å²) < 4.78 is 18.6. The summed E-state index contributed by atoms with van der Waals surface area (Å²) in [5, 5.41) is 8.87. The van der Waals surface area contributed by atoms with Gasteiger partial charge in [0.15, 0.2) is 0 Å². The third kappa shape index (κ3) is 2.34. The van der Waals surface area contributed by atoms with E-state index in [0.717, 1.165) is 0 Å². The molecule has 0 aliphatic carbocycles. The summed E-state index contributed by atoms with van der Waals surface area (Å²) in [4.78, 5) is 0. The van der Waals surface area contributed by atoms with Gasteiger partial charge >= 0.3 is 0 Å². The van der Waals surface area contributed by atoms with Gasteiger partial charge in [0.25, 0.3) is 0 Å². The van der Waals surface area contributed by atoms with Gasteiger partial charge in [0.1, 0.15) is 23.4 Å². The molecule has 0 bridgehead atoms. The first-order valence-electron chi connectivity index (χ1n) is 4.92. The number of anilines is 1. The Morgan fingerprint density at radius 1 is 1.18 bits per heavy atom. The minimum Gasteiger partial charge on any atom is -0.456 e. The summed E-state index contributed by atoms with van der Waals surface area (Å²) in [6.45, 7) is 0. The number of benzene rings is 2. The van der Waals surface area contributed by atoms with Gasteiger partial charge in [0.05, 0.1) is 11.3 Å². The van der Waals surface area contributed by atoms with Crippen LogP contribution in [0.5, 0.6) is 11.5 Å². The van der Waals surface area contributed by atoms with E-state index in [4.69, 9.17) is 15.7 Å². The number of para-hydroxylation sites is 1. The molecule has 0 radical (unpaired) electrons. The summed E-state index contributed by atoms with van der Waals surface area (Å²) in [6.07, 6.45) is 0. The minimum atomic E-state index is -0.545. The number of nitrogens with zero attached hydrogens (tertiary/aromatic N) is 1. The lowest BCUT2D eigenvalue weighted by atomic mass is 10.2. The number of nitriles is 1. The van der Waals surface area contributed by atoms with E-state index in [0.29, 0.717) is 17.1 Å². The molecule has 0 unspecified atom stereocenters. The molecule has 0 spiro atoms. The van der Waals surface area contributed by atoms with Crippen LogP contribution in [0.1, 0.15) is 5.56 Å². The van der Waals surface area contributed by atoms with Crippen molar-refractivity contribution in [3.8, 4) is 17.6 Å². The fourth-order valence-electron chi connectivity index (χ4n) is 1.35. The van der Waals surface area contributed by atoms with E-state index in [1.54, 1.807) is 30.3 Å². The molecule has 17 heavy (non-hydrogen) atoms. The van der Waals surface area contributed by atoms with E-state index in [1.165, 1.54) is 12.1 Å². The van der Waals surface area contributed by atoms with Gasteiger partial charge in [-0.05, 0) is 24.3 Å². The topological polar surface area (TPSA) is 59.0 Å². The molecule has 0 aliphatic rings. The summed E-state index contributed by atoms with van der Waals surface area (Å²) in [5.41, 5.74) is 5.81. The Balaban J connectivity index is 2.32. The second kappa shape index (κ2) is 4.54. The van der Waals surface area contributed by atoms with E-state index in [2.05, 4.69) is 0 Å². The van der Waals surface area contributed by atoms with Crippen molar-refractivity contribution in [1.82, 2.24) is 0 Å². The Bertz CT molecular complexity index is 590. The molecule has 2 N–H and O–H groups in total. The Kier molecular flexibility index (Phi) is 2.93. The van der Waals surface area contributed by atoms with Crippen LogP contribution in [0.15, 0.2) is 42.5 Å². The Labute approximate surface area is 97.9 Å². The van der Waals surface area contributed by atoms with Gasteiger partial charge in [-0.25, -0.2) is 4.39 Å². The van der Waals surface area contributed by atoms with Crippen LogP contribution >= 0.6 is 0 Å². The maximum absolute atomic E-state index is 13.2. The number of hydrogen-bond donors (Lipinski definition) is 1. The molecule has 2 rings (SSSR count). The molecular weight excluding hydrogens is 219 g/mol. The van der Waals surface area contributed by atoms with E-state index in [9.17, 15) is 4.39 Å². The number of ether oxygens (including phenoxy) is 1. The van der Waals surface area contributed by atoms with Crippen LogP contribution in [0.2, 0.25) is 0 Å². The van der Waals surface area contributed by atoms with Gasteiger partial charge in [-0.15, -0.1) is 0 Å². The van der Waals surface area contributed by atoms with E-state index >= 15 is 0 Å². The minimum absolute atomic E-state index is 0.0610. The lowest BCUT2D eigenvalue weighted by molar-refractivity contribution is 0.475. The zero-order valence-electron chi connectivity index (χ0n) is 8.85. The zero-order chi connectivity index (χ0) is 12.3. The third-order valence-electron chi connectivity index (χ3n) is 2.21. The summed E-state index contributed by atoms with van der Waals surface area (Å²) >= 11 is 0. The predicted octanol–water partition coefficient (Wildman–Crippen LogP) is 3.07. The van der Waals surface area contributed by atoms with E-state index < -0.39 is 5.82 Å². The van der Waals surface area contributed by atoms with Gasteiger partial charge in [-0.3, -0.25) is 0 Å². The molecule has 0 heterocycles. The Morgan fingerprint density at radius 2 is 1.94 bits per heavy atom. The second-order valence-electron chi connectivity index (χ2n) is 3.39. The first kappa shape index (κ1) is 11.0. The summed E-state index contributed by atoms with van der Waals surface area (Å²) in [5.74, 6) is 0.149. The molecule has 2 aromatic carbocycles. The smallest absolute Gasteiger partial charge is 0.149 e. The van der Waals surface area contributed by atoms with Gasteiger partial charge in [-0.2, -0.15) is 5.26 Å². The molecule has 0 amide bonds. The number of rotatable bonds is 2. The lowest BCUT2D eigenvalue weighted by Crippen LogP contribution is -1.92. The van der Waals surface area contributed by atoms with Crippen LogP contribution in [0.4, 0.5) is 10.1 Å². The molecule has 2 aromatic rings. The van der Waals surface area contributed by atoms with Crippen molar-refractivity contribution in [2.45, 2.75) is 0 Å². The summed E-state index contributed by atoms with van der Waals surface area (Å²) in [6, 6.07) is 12.9. The fourth-order valence-corrected chi connectivity index (χ4v) is 1.35. The van der Waals surface area contributed by atoms with Crippen molar-refractivity contribution in [2.75, 3.05) is 5.73 Å². The molecule has 84 valence electrons. The average Bonchev–Trinajstić information content (AvgIpc) is 2.34. The lowest BCUT2D eigenvalue weighted by Gasteiger charge is -2.07. The van der Waals surface area contributed by atoms with Crippen molar-refractivity contribution < 1.29 is 9.13 Å². The number of nitrogens with two attached hydrogens (primary N) is 1. The molecule has 0 aromatic heterocycles. The van der Waals surface area contributed by atoms with Crippen molar-refractivity contribution in [3.05, 3.63) is 53.8 Å². The quantitative estimate of drug-likeness (QED) is 0.803. The SMILES string of the molecule is N#Cc1ccccc1Oc1ccc(N)c(F)c1. The van der Waals surface area contributed by atoms with Gasteiger partial charge < -0.3 is 10.5 Å². The van der Waals surface area contributed by atoms with Crippen LogP contribution in [-0.4, -0.2) is 0 Å². The molecule has 0 fully saturated rings. The zero-order valence-corrected chi connectivity index (χ0v) is 8.85. The molecule has 0 aliphatic heterocycles. The predicted molar refractivity (Wildman–Crippen MR) is 62.0 cm³/mol. The largest absolute Gasteiger partial charge is 0.456 e. The first-order chi connectivity index (χ1) is 8.20. The molecule has 3 nitrogen and oxygen atoms in total. The highest BCUT2D eigenvalue weighted by atomic mass is 19.1. The van der Waals surface area contributed by atoms with Gasteiger partial charge in [-0.1, -0.05) is 12.1 Å². The second-order valence-corrected chi connectivity index (χ2v) is 3.39. The number of halogens is 1. The maximum Gasteiger partial charge on any atom is 0.149 e. The molecule has 0 atom stereocenters. The van der Waals surface area contributed by atoms with Crippen molar-refractivity contribution in [2.24, 2.45) is 0 Å². The Morgan fingerprint density at radius 3 is 2.65 bits per heavy atom. The molecular formula is C13H9FN2O. The molecule has 0 saturated heterocycles. The van der Waals surface area contributed by atoms with Crippen molar-refractivity contribution in [3.63, 3.8) is 0 Å². The van der Waals surface area contributed by atoms with Gasteiger partial charge in [0, 0.05) is 6.07 Å². The van der Waals surface area contributed by atoms with Gasteiger partial charge in [0.2, 0.25) is 0 Å². The van der Waals surface area contributed by atoms with E-state index in [-0.39, 0.29) is 5.69 Å². The van der Waals surface area contributed by atoms with Crippen LogP contribution in [-0.2, 0) is 0 Å². The highest BCUT2D eigenvalue weighted by molar-refractivity contribution is 5.48. The fraction of sp³-hybridized carbons (Fsp3) is 0. The summed E-state index contributed by atoms with van der Waals surface area (Å²) in [7, 11) is 0. The molecule has 0 saturated carbocycles. The standard InChI is InChI=1S/C13H9FN2O/c14-11-7-10(5-6-12(11)16)17-13-4-2-1-3-9(13)8-15/h1-7H,16H2. The van der Waals surface area contributed by atoms with Crippen molar-refractivity contribution in [1.29, 1.82) is 5.26 Å². The monoisotopic (exact) mass is 228 g/mol. The highest BCUT2D eigenvalue weighted by Gasteiger charge is 2.05. The highest BCUT2D eigenvalue weighted by Crippen LogP contribution is 2.26. The number of nitrogen functional groups attached to an aromatic ring is 1. The molecule has 4 heteroatoms. The normalized spacial score (nSPS) is 9.65. The van der Waals surface area contributed by atoms with E-state index in [1.807, 2.05) is 6.07 Å². The van der Waals surface area contributed by atoms with Crippen LogP contribution in [0.25, 0.3) is 0 Å². The third-order valence-corrected chi connectivity index (χ3v) is 2.21.